The molecule has 98 valence electrons. The molecule has 0 N–H and O–H groups in total. The van der Waals surface area contributed by atoms with E-state index in [0.717, 1.165) is 16.9 Å². The van der Waals surface area contributed by atoms with Crippen LogP contribution < -0.4 is 5.63 Å². The van der Waals surface area contributed by atoms with E-state index in [0.29, 0.717) is 5.92 Å². The summed E-state index contributed by atoms with van der Waals surface area (Å²) >= 11 is 0. The zero-order valence-electron chi connectivity index (χ0n) is 12.5. The highest BCUT2D eigenvalue weighted by Gasteiger charge is 2.18. The van der Waals surface area contributed by atoms with Gasteiger partial charge in [0, 0.05) is 11.5 Å². The summed E-state index contributed by atoms with van der Waals surface area (Å²) in [7, 11) is 0. The summed E-state index contributed by atoms with van der Waals surface area (Å²) in [6, 6.07) is 0. The van der Waals surface area contributed by atoms with Crippen molar-refractivity contribution in [1.29, 1.82) is 0 Å². The maximum Gasteiger partial charge on any atom is 0.339 e. The van der Waals surface area contributed by atoms with Gasteiger partial charge in [0.05, 0.1) is 0 Å². The molecule has 0 saturated carbocycles. The third-order valence-corrected chi connectivity index (χ3v) is 2.84. The fourth-order valence-corrected chi connectivity index (χ4v) is 1.92. The Morgan fingerprint density at radius 1 is 0.882 bits per heavy atom. The molecule has 0 bridgehead atoms. The second-order valence-electron chi connectivity index (χ2n) is 4.73. The maximum atomic E-state index is 11.6. The van der Waals surface area contributed by atoms with Crippen LogP contribution in [0.15, 0.2) is 9.21 Å². The second kappa shape index (κ2) is 6.63. The van der Waals surface area contributed by atoms with E-state index in [1.54, 1.807) is 0 Å². The van der Waals surface area contributed by atoms with Gasteiger partial charge in [0.15, 0.2) is 0 Å². The topological polar surface area (TPSA) is 30.2 Å². The molecule has 0 atom stereocenters. The molecular weight excluding hydrogens is 212 g/mol. The van der Waals surface area contributed by atoms with E-state index in [1.807, 2.05) is 27.7 Å². The van der Waals surface area contributed by atoms with Crippen LogP contribution in [-0.2, 0) is 0 Å². The van der Waals surface area contributed by atoms with E-state index in [9.17, 15) is 4.79 Å². The Morgan fingerprint density at radius 3 is 1.71 bits per heavy atom. The van der Waals surface area contributed by atoms with E-state index in [1.165, 1.54) is 5.56 Å². The van der Waals surface area contributed by atoms with Crippen molar-refractivity contribution >= 4 is 0 Å². The molecule has 0 amide bonds. The molecule has 2 heteroatoms. The lowest BCUT2D eigenvalue weighted by Gasteiger charge is -2.17. The van der Waals surface area contributed by atoms with Gasteiger partial charge >= 0.3 is 5.63 Å². The monoisotopic (exact) mass is 238 g/mol. The smallest absolute Gasteiger partial charge is 0.339 e. The molecule has 0 spiro atoms. The van der Waals surface area contributed by atoms with Crippen molar-refractivity contribution in [2.75, 3.05) is 0 Å². The zero-order chi connectivity index (χ0) is 13.7. The average molecular weight is 238 g/mol. The molecule has 1 rings (SSSR count). The SMILES string of the molecule is CC.Cc1c(C(C)C)c(C(C)C)oc(=O)c1C. The van der Waals surface area contributed by atoms with E-state index < -0.39 is 0 Å². The molecule has 0 aromatic carbocycles. The van der Waals surface area contributed by atoms with E-state index in [-0.39, 0.29) is 11.5 Å². The molecule has 0 aliphatic carbocycles. The lowest BCUT2D eigenvalue weighted by Crippen LogP contribution is -2.13. The Morgan fingerprint density at radius 2 is 1.35 bits per heavy atom. The van der Waals surface area contributed by atoms with Crippen molar-refractivity contribution in [3.8, 4) is 0 Å². The lowest BCUT2D eigenvalue weighted by atomic mass is 9.91. The van der Waals surface area contributed by atoms with Crippen LogP contribution in [0.2, 0.25) is 0 Å². The predicted molar refractivity (Wildman–Crippen MR) is 74.0 cm³/mol. The fourth-order valence-electron chi connectivity index (χ4n) is 1.92. The predicted octanol–water partition coefficient (Wildman–Crippen LogP) is 4.53. The molecule has 2 nitrogen and oxygen atoms in total. The van der Waals surface area contributed by atoms with E-state index in [4.69, 9.17) is 4.42 Å². The summed E-state index contributed by atoms with van der Waals surface area (Å²) < 4.78 is 5.39. The highest BCUT2D eigenvalue weighted by molar-refractivity contribution is 5.36. The molecular formula is C15H26O2. The molecule has 17 heavy (non-hydrogen) atoms. The number of rotatable bonds is 2. The van der Waals surface area contributed by atoms with Gasteiger partial charge in [0.1, 0.15) is 5.76 Å². The highest BCUT2D eigenvalue weighted by Crippen LogP contribution is 2.28. The Labute approximate surface area is 105 Å². The summed E-state index contributed by atoms with van der Waals surface area (Å²) in [6.45, 7) is 16.2. The first-order valence-electron chi connectivity index (χ1n) is 6.50. The standard InChI is InChI=1S/C13H20O2.C2H6/c1-7(2)11-9(5)10(6)13(14)15-12(11)8(3)4;1-2/h7-8H,1-6H3;1-2H3. The zero-order valence-corrected chi connectivity index (χ0v) is 12.5. The highest BCUT2D eigenvalue weighted by atomic mass is 16.4. The number of hydrogen-bond donors (Lipinski definition) is 0. The molecule has 1 aromatic heterocycles. The Hall–Kier alpha value is -1.05. The average Bonchev–Trinajstić information content (AvgIpc) is 2.27. The van der Waals surface area contributed by atoms with Gasteiger partial charge in [-0.05, 0) is 30.9 Å². The van der Waals surface area contributed by atoms with Crippen LogP contribution in [-0.4, -0.2) is 0 Å². The third-order valence-electron chi connectivity index (χ3n) is 2.84. The van der Waals surface area contributed by atoms with Crippen LogP contribution in [0.3, 0.4) is 0 Å². The van der Waals surface area contributed by atoms with Crippen LogP contribution in [0.5, 0.6) is 0 Å². The van der Waals surface area contributed by atoms with Gasteiger partial charge in [0.2, 0.25) is 0 Å². The molecule has 0 saturated heterocycles. The van der Waals surface area contributed by atoms with Crippen molar-refractivity contribution in [3.05, 3.63) is 32.9 Å². The van der Waals surface area contributed by atoms with Crippen LogP contribution in [0.4, 0.5) is 0 Å². The van der Waals surface area contributed by atoms with Gasteiger partial charge in [-0.3, -0.25) is 0 Å². The summed E-state index contributed by atoms with van der Waals surface area (Å²) in [4.78, 5) is 11.6. The summed E-state index contributed by atoms with van der Waals surface area (Å²) in [5, 5.41) is 0. The minimum Gasteiger partial charge on any atom is -0.427 e. The van der Waals surface area contributed by atoms with Gasteiger partial charge in [-0.25, -0.2) is 4.79 Å². The first-order valence-corrected chi connectivity index (χ1v) is 6.50. The van der Waals surface area contributed by atoms with Gasteiger partial charge < -0.3 is 4.42 Å². The second-order valence-corrected chi connectivity index (χ2v) is 4.73. The molecule has 1 heterocycles. The van der Waals surface area contributed by atoms with Gasteiger partial charge in [-0.1, -0.05) is 41.5 Å². The maximum absolute atomic E-state index is 11.6. The van der Waals surface area contributed by atoms with Crippen molar-refractivity contribution in [2.24, 2.45) is 0 Å². The van der Waals surface area contributed by atoms with Crippen molar-refractivity contribution in [1.82, 2.24) is 0 Å². The molecule has 1 aromatic rings. The first kappa shape index (κ1) is 16.0. The normalized spacial score (nSPS) is 10.5. The summed E-state index contributed by atoms with van der Waals surface area (Å²) in [6.07, 6.45) is 0. The molecule has 0 radical (unpaired) electrons. The fraction of sp³-hybridized carbons (Fsp3) is 0.667. The van der Waals surface area contributed by atoms with Crippen LogP contribution in [0, 0.1) is 13.8 Å². The van der Waals surface area contributed by atoms with E-state index in [2.05, 4.69) is 27.7 Å². The number of hydrogen-bond acceptors (Lipinski definition) is 2. The van der Waals surface area contributed by atoms with E-state index >= 15 is 0 Å². The Kier molecular flexibility index (Phi) is 6.22. The molecule has 0 unspecified atom stereocenters. The summed E-state index contributed by atoms with van der Waals surface area (Å²) in [5.41, 5.74) is 2.83. The quantitative estimate of drug-likeness (QED) is 0.757. The van der Waals surface area contributed by atoms with Crippen molar-refractivity contribution in [2.45, 2.75) is 67.2 Å². The van der Waals surface area contributed by atoms with Crippen LogP contribution >= 0.6 is 0 Å². The molecule has 0 aliphatic rings. The summed E-state index contributed by atoms with van der Waals surface area (Å²) in [5.74, 6) is 1.50. The largest absolute Gasteiger partial charge is 0.427 e. The first-order chi connectivity index (χ1) is 7.86. The Balaban J connectivity index is 0.00000121. The lowest BCUT2D eigenvalue weighted by molar-refractivity contribution is 0.423. The Bertz CT molecular complexity index is 412. The third kappa shape index (κ3) is 3.45. The van der Waals surface area contributed by atoms with Crippen molar-refractivity contribution < 1.29 is 4.42 Å². The van der Waals surface area contributed by atoms with Gasteiger partial charge in [-0.15, -0.1) is 0 Å². The van der Waals surface area contributed by atoms with Crippen LogP contribution in [0.1, 0.15) is 75.8 Å². The molecule has 0 aliphatic heterocycles. The van der Waals surface area contributed by atoms with Gasteiger partial charge in [0.25, 0.3) is 0 Å². The van der Waals surface area contributed by atoms with Gasteiger partial charge in [-0.2, -0.15) is 0 Å². The minimum atomic E-state index is -0.194. The van der Waals surface area contributed by atoms with Crippen LogP contribution in [0.25, 0.3) is 0 Å². The molecule has 0 fully saturated rings. The van der Waals surface area contributed by atoms with Crippen molar-refractivity contribution in [3.63, 3.8) is 0 Å². The minimum absolute atomic E-state index is 0.194.